The summed E-state index contributed by atoms with van der Waals surface area (Å²) in [4.78, 5) is 41.9. The lowest BCUT2D eigenvalue weighted by Gasteiger charge is -2.08. The largest absolute Gasteiger partial charge is 0.357 e. The van der Waals surface area contributed by atoms with Gasteiger partial charge in [-0.15, -0.1) is 0 Å². The van der Waals surface area contributed by atoms with Gasteiger partial charge < -0.3 is 14.9 Å². The number of hydrogen-bond acceptors (Lipinski definition) is 6. The van der Waals surface area contributed by atoms with E-state index in [1.807, 2.05) is 12.1 Å². The summed E-state index contributed by atoms with van der Waals surface area (Å²) in [5.74, 6) is 0.456. The molecule has 10 nitrogen and oxygen atoms in total. The molecule has 0 spiro atoms. The molecule has 0 unspecified atom stereocenters. The van der Waals surface area contributed by atoms with E-state index in [-0.39, 0.29) is 6.54 Å². The normalized spacial score (nSPS) is 11.4. The number of aryl methyl sites for hydroxylation is 2. The van der Waals surface area contributed by atoms with Crippen LogP contribution in [0.2, 0.25) is 0 Å². The molecule has 0 saturated carbocycles. The van der Waals surface area contributed by atoms with Gasteiger partial charge in [-0.2, -0.15) is 4.98 Å². The van der Waals surface area contributed by atoms with Crippen LogP contribution in [0, 0.1) is 0 Å². The molecule has 5 aromatic heterocycles. The van der Waals surface area contributed by atoms with E-state index in [1.165, 1.54) is 9.13 Å². The third-order valence-electron chi connectivity index (χ3n) is 5.10. The highest BCUT2D eigenvalue weighted by Crippen LogP contribution is 2.18. The summed E-state index contributed by atoms with van der Waals surface area (Å²) >= 11 is 0. The molecule has 5 rings (SSSR count). The van der Waals surface area contributed by atoms with Crippen molar-refractivity contribution in [2.75, 3.05) is 5.32 Å². The van der Waals surface area contributed by atoms with Crippen molar-refractivity contribution in [2.45, 2.75) is 6.54 Å². The van der Waals surface area contributed by atoms with Crippen LogP contribution in [0.15, 0.2) is 58.6 Å². The Hall–Kier alpha value is -4.21. The molecule has 2 N–H and O–H groups in total. The number of aromatic nitrogens is 7. The van der Waals surface area contributed by atoms with Crippen LogP contribution in [0.1, 0.15) is 5.69 Å². The van der Waals surface area contributed by atoms with Gasteiger partial charge in [0.1, 0.15) is 0 Å². The predicted octanol–water partition coefficient (Wildman–Crippen LogP) is 1.50. The van der Waals surface area contributed by atoms with Crippen LogP contribution in [-0.4, -0.2) is 33.6 Å². The number of fused-ring (bicyclic) bond motifs is 2. The third-order valence-corrected chi connectivity index (χ3v) is 5.10. The maximum atomic E-state index is 13.2. The molecule has 0 aromatic carbocycles. The van der Waals surface area contributed by atoms with Crippen LogP contribution < -0.4 is 16.6 Å². The Labute approximate surface area is 169 Å². The second kappa shape index (κ2) is 6.69. The number of aromatic amines is 1. The molecule has 0 aliphatic heterocycles. The van der Waals surface area contributed by atoms with Crippen molar-refractivity contribution >= 4 is 33.7 Å². The van der Waals surface area contributed by atoms with Crippen LogP contribution in [0.5, 0.6) is 0 Å². The average molecular weight is 402 g/mol. The number of pyridine rings is 2. The summed E-state index contributed by atoms with van der Waals surface area (Å²) in [6.07, 6.45) is 6.73. The van der Waals surface area contributed by atoms with E-state index in [4.69, 9.17) is 0 Å². The van der Waals surface area contributed by atoms with Crippen molar-refractivity contribution in [3.05, 3.63) is 75.6 Å². The zero-order valence-corrected chi connectivity index (χ0v) is 16.3. The zero-order valence-electron chi connectivity index (χ0n) is 16.3. The lowest BCUT2D eigenvalue weighted by molar-refractivity contribution is 0.648. The smallest absolute Gasteiger partial charge is 0.332 e. The molecule has 0 fully saturated rings. The molecule has 150 valence electrons. The van der Waals surface area contributed by atoms with Gasteiger partial charge in [-0.05, 0) is 24.3 Å². The van der Waals surface area contributed by atoms with E-state index in [2.05, 4.69) is 25.3 Å². The van der Waals surface area contributed by atoms with Gasteiger partial charge >= 0.3 is 5.69 Å². The van der Waals surface area contributed by atoms with Crippen LogP contribution in [0.25, 0.3) is 22.1 Å². The molecule has 0 bridgehead atoms. The molecule has 5 heterocycles. The minimum atomic E-state index is -0.433. The van der Waals surface area contributed by atoms with Gasteiger partial charge in [0.25, 0.3) is 5.56 Å². The fourth-order valence-electron chi connectivity index (χ4n) is 3.55. The Kier molecular flexibility index (Phi) is 3.98. The third kappa shape index (κ3) is 2.77. The summed E-state index contributed by atoms with van der Waals surface area (Å²) in [5.41, 5.74) is 2.25. The standard InChI is InChI=1S/C20H18N8O2/c1-26-16-17(25-19(26)24-13-3-6-21-7-4-13)27(2)20(30)28(18(16)29)11-14-9-12-10-22-8-5-15(12)23-14/h3-10,23H,11H2,1-2H3,(H,21,24,25). The fourth-order valence-corrected chi connectivity index (χ4v) is 3.55. The summed E-state index contributed by atoms with van der Waals surface area (Å²) in [5, 5.41) is 4.08. The van der Waals surface area contributed by atoms with Crippen LogP contribution in [0.3, 0.4) is 0 Å². The Balaban J connectivity index is 1.63. The second-order valence-corrected chi connectivity index (χ2v) is 7.02. The molecule has 30 heavy (non-hydrogen) atoms. The van der Waals surface area contributed by atoms with Crippen molar-refractivity contribution in [3.63, 3.8) is 0 Å². The average Bonchev–Trinajstić information content (AvgIpc) is 3.31. The summed E-state index contributed by atoms with van der Waals surface area (Å²) < 4.78 is 4.25. The number of H-pyrrole nitrogens is 1. The summed E-state index contributed by atoms with van der Waals surface area (Å²) in [6, 6.07) is 7.32. The number of imidazole rings is 1. The van der Waals surface area contributed by atoms with Crippen molar-refractivity contribution in [1.29, 1.82) is 0 Å². The maximum absolute atomic E-state index is 13.2. The van der Waals surface area contributed by atoms with E-state index in [9.17, 15) is 9.59 Å². The Bertz CT molecular complexity index is 1470. The first kappa shape index (κ1) is 17.9. The molecule has 0 aliphatic rings. The first-order valence-corrected chi connectivity index (χ1v) is 9.28. The summed E-state index contributed by atoms with van der Waals surface area (Å²) in [7, 11) is 3.35. The monoisotopic (exact) mass is 402 g/mol. The highest BCUT2D eigenvalue weighted by molar-refractivity contribution is 5.79. The SMILES string of the molecule is Cn1c(Nc2ccncc2)nc2c1c(=O)n(Cc1cc3cnccc3[nH]1)c(=O)n2C. The minimum absolute atomic E-state index is 0.119. The quantitative estimate of drug-likeness (QED) is 0.471. The Morgan fingerprint density at radius 3 is 2.57 bits per heavy atom. The highest BCUT2D eigenvalue weighted by atomic mass is 16.2. The van der Waals surface area contributed by atoms with E-state index in [1.54, 1.807) is 55.6 Å². The van der Waals surface area contributed by atoms with Crippen molar-refractivity contribution in [3.8, 4) is 0 Å². The fraction of sp³-hybridized carbons (Fsp3) is 0.150. The van der Waals surface area contributed by atoms with Gasteiger partial charge in [0, 0.05) is 61.2 Å². The van der Waals surface area contributed by atoms with Gasteiger partial charge in [0.05, 0.1) is 6.54 Å². The molecule has 10 heteroatoms. The Morgan fingerprint density at radius 1 is 1.03 bits per heavy atom. The molecule has 0 amide bonds. The van der Waals surface area contributed by atoms with Crippen LogP contribution in [0.4, 0.5) is 11.6 Å². The molecule has 0 radical (unpaired) electrons. The molecular weight excluding hydrogens is 384 g/mol. The van der Waals surface area contributed by atoms with Crippen molar-refractivity contribution < 1.29 is 0 Å². The predicted molar refractivity (Wildman–Crippen MR) is 113 cm³/mol. The minimum Gasteiger partial charge on any atom is -0.357 e. The lowest BCUT2D eigenvalue weighted by atomic mass is 10.3. The second-order valence-electron chi connectivity index (χ2n) is 7.02. The van der Waals surface area contributed by atoms with Gasteiger partial charge in [-0.1, -0.05) is 0 Å². The van der Waals surface area contributed by atoms with Gasteiger partial charge in [-0.25, -0.2) is 4.79 Å². The van der Waals surface area contributed by atoms with E-state index in [0.717, 1.165) is 22.3 Å². The zero-order chi connectivity index (χ0) is 20.8. The van der Waals surface area contributed by atoms with Crippen molar-refractivity contribution in [2.24, 2.45) is 14.1 Å². The molecular formula is C20H18N8O2. The number of rotatable bonds is 4. The topological polar surface area (TPSA) is 115 Å². The first-order valence-electron chi connectivity index (χ1n) is 9.28. The highest BCUT2D eigenvalue weighted by Gasteiger charge is 2.19. The van der Waals surface area contributed by atoms with Crippen LogP contribution in [-0.2, 0) is 20.6 Å². The van der Waals surface area contributed by atoms with E-state index >= 15 is 0 Å². The first-order chi connectivity index (χ1) is 14.5. The Morgan fingerprint density at radius 2 is 1.80 bits per heavy atom. The molecule has 0 saturated heterocycles. The molecule has 5 aromatic rings. The van der Waals surface area contributed by atoms with Crippen molar-refractivity contribution in [1.82, 2.24) is 33.6 Å². The molecule has 0 atom stereocenters. The van der Waals surface area contributed by atoms with Crippen LogP contribution >= 0.6 is 0 Å². The maximum Gasteiger partial charge on any atom is 0.332 e. The van der Waals surface area contributed by atoms with Gasteiger partial charge in [-0.3, -0.25) is 23.9 Å². The number of nitrogens with one attached hydrogen (secondary N) is 2. The lowest BCUT2D eigenvalue weighted by Crippen LogP contribution is -2.39. The number of anilines is 2. The summed E-state index contributed by atoms with van der Waals surface area (Å²) in [6.45, 7) is 0.119. The van der Waals surface area contributed by atoms with E-state index in [0.29, 0.717) is 17.1 Å². The number of nitrogens with zero attached hydrogens (tertiary/aromatic N) is 6. The van der Waals surface area contributed by atoms with Gasteiger partial charge in [0.2, 0.25) is 5.95 Å². The number of hydrogen-bond donors (Lipinski definition) is 2. The van der Waals surface area contributed by atoms with E-state index < -0.39 is 11.2 Å². The van der Waals surface area contributed by atoms with Gasteiger partial charge in [0.15, 0.2) is 11.2 Å². The molecule has 0 aliphatic carbocycles.